The van der Waals surface area contributed by atoms with Gasteiger partial charge in [-0.3, -0.25) is 9.59 Å². The molecule has 2 atom stereocenters. The van der Waals surface area contributed by atoms with E-state index in [1.165, 1.54) is 7.05 Å². The lowest BCUT2D eigenvalue weighted by atomic mass is 9.86. The van der Waals surface area contributed by atoms with E-state index in [1.54, 1.807) is 42.5 Å². The van der Waals surface area contributed by atoms with Crippen LogP contribution in [0.25, 0.3) is 0 Å². The molecule has 0 aliphatic carbocycles. The molecule has 0 saturated carbocycles. The van der Waals surface area contributed by atoms with Gasteiger partial charge in [-0.1, -0.05) is 47.5 Å². The van der Waals surface area contributed by atoms with Crippen LogP contribution in [0.5, 0.6) is 0 Å². The highest BCUT2D eigenvalue weighted by Gasteiger charge is 2.27. The molecule has 2 aromatic rings. The van der Waals surface area contributed by atoms with Gasteiger partial charge in [-0.25, -0.2) is 0 Å². The topological polar surface area (TPSA) is 64.6 Å². The second kappa shape index (κ2) is 10.9. The van der Waals surface area contributed by atoms with Crippen LogP contribution in [-0.2, 0) is 9.47 Å². The van der Waals surface area contributed by atoms with Crippen molar-refractivity contribution >= 4 is 34.9 Å². The van der Waals surface area contributed by atoms with Crippen molar-refractivity contribution in [2.45, 2.75) is 37.9 Å². The van der Waals surface area contributed by atoms with Crippen LogP contribution in [0.1, 0.15) is 57.9 Å². The Balaban J connectivity index is 1.85. The summed E-state index contributed by atoms with van der Waals surface area (Å²) in [4.78, 5) is 25.8. The smallest absolute Gasteiger partial charge is 0.251 e. The first-order chi connectivity index (χ1) is 14.5. The van der Waals surface area contributed by atoms with Crippen LogP contribution in [0, 0.1) is 0 Å². The van der Waals surface area contributed by atoms with Gasteiger partial charge < -0.3 is 14.8 Å². The third-order valence-corrected chi connectivity index (χ3v) is 5.91. The molecule has 1 heterocycles. The number of nitrogens with one attached hydrogen (secondary N) is 1. The normalized spacial score (nSPS) is 17.4. The maximum absolute atomic E-state index is 13.5. The van der Waals surface area contributed by atoms with E-state index in [4.69, 9.17) is 32.7 Å². The van der Waals surface area contributed by atoms with E-state index in [2.05, 4.69) is 5.32 Å². The van der Waals surface area contributed by atoms with Crippen molar-refractivity contribution in [1.82, 2.24) is 5.32 Å². The van der Waals surface area contributed by atoms with E-state index in [9.17, 15) is 9.59 Å². The van der Waals surface area contributed by atoms with Crippen molar-refractivity contribution in [2.75, 3.05) is 20.3 Å². The SMILES string of the molecule is CNC(=O)c1ccccc1C(=O)C(CCOC1CCCCO1)c1ccc(Cl)c(Cl)c1. The molecule has 7 heteroatoms. The molecule has 2 unspecified atom stereocenters. The molecule has 0 bridgehead atoms. The summed E-state index contributed by atoms with van der Waals surface area (Å²) >= 11 is 12.3. The number of rotatable bonds is 8. The predicted octanol–water partition coefficient (Wildman–Crippen LogP) is 5.25. The molecule has 0 radical (unpaired) electrons. The molecule has 1 amide bonds. The van der Waals surface area contributed by atoms with Crippen LogP contribution in [0.4, 0.5) is 0 Å². The predicted molar refractivity (Wildman–Crippen MR) is 118 cm³/mol. The molecule has 1 fully saturated rings. The van der Waals surface area contributed by atoms with Gasteiger partial charge in [-0.15, -0.1) is 0 Å². The zero-order valence-electron chi connectivity index (χ0n) is 16.8. The Kier molecular flexibility index (Phi) is 8.28. The Labute approximate surface area is 186 Å². The fraction of sp³-hybridized carbons (Fsp3) is 0.391. The van der Waals surface area contributed by atoms with E-state index >= 15 is 0 Å². The number of hydrogen-bond donors (Lipinski definition) is 1. The number of ether oxygens (including phenoxy) is 2. The Morgan fingerprint density at radius 1 is 1.13 bits per heavy atom. The molecule has 1 N–H and O–H groups in total. The maximum Gasteiger partial charge on any atom is 0.251 e. The number of halogens is 2. The average molecular weight is 450 g/mol. The lowest BCUT2D eigenvalue weighted by molar-refractivity contribution is -0.162. The Morgan fingerprint density at radius 2 is 1.90 bits per heavy atom. The van der Waals surface area contributed by atoms with Crippen molar-refractivity contribution in [3.8, 4) is 0 Å². The fourth-order valence-corrected chi connectivity index (χ4v) is 3.86. The van der Waals surface area contributed by atoms with Gasteiger partial charge >= 0.3 is 0 Å². The average Bonchev–Trinajstić information content (AvgIpc) is 2.78. The van der Waals surface area contributed by atoms with Crippen LogP contribution in [-0.4, -0.2) is 38.2 Å². The van der Waals surface area contributed by atoms with Crippen LogP contribution in [0.3, 0.4) is 0 Å². The standard InChI is InChI=1S/C23H25Cl2NO4/c1-26-23(28)18-7-3-2-6-17(18)22(27)16(15-9-10-19(24)20(25)14-15)11-13-30-21-8-4-5-12-29-21/h2-3,6-7,9-10,14,16,21H,4-5,8,11-13H2,1H3,(H,26,28). The van der Waals surface area contributed by atoms with Gasteiger partial charge in [0.15, 0.2) is 12.1 Å². The molecule has 5 nitrogen and oxygen atoms in total. The molecule has 1 aliphatic heterocycles. The number of hydrogen-bond acceptors (Lipinski definition) is 4. The highest BCUT2D eigenvalue weighted by atomic mass is 35.5. The van der Waals surface area contributed by atoms with Crippen LogP contribution in [0.15, 0.2) is 42.5 Å². The molecule has 3 rings (SSSR count). The molecule has 1 saturated heterocycles. The summed E-state index contributed by atoms with van der Waals surface area (Å²) in [7, 11) is 1.54. The van der Waals surface area contributed by atoms with Crippen molar-refractivity contribution < 1.29 is 19.1 Å². The molecule has 0 aromatic heterocycles. The zero-order valence-corrected chi connectivity index (χ0v) is 18.3. The van der Waals surface area contributed by atoms with Gasteiger partial charge in [0.25, 0.3) is 5.91 Å². The quantitative estimate of drug-likeness (QED) is 0.558. The maximum atomic E-state index is 13.5. The third kappa shape index (κ3) is 5.61. The van der Waals surface area contributed by atoms with Crippen LogP contribution >= 0.6 is 23.2 Å². The van der Waals surface area contributed by atoms with Gasteiger partial charge in [-0.05, 0) is 49.4 Å². The Hall–Kier alpha value is -1.92. The van der Waals surface area contributed by atoms with E-state index < -0.39 is 5.92 Å². The minimum absolute atomic E-state index is 0.166. The van der Waals surface area contributed by atoms with E-state index in [-0.39, 0.29) is 18.0 Å². The number of Topliss-reactive ketones (excluding diaryl/α,β-unsaturated/α-hetero) is 1. The molecule has 1 aliphatic rings. The molecule has 30 heavy (non-hydrogen) atoms. The summed E-state index contributed by atoms with van der Waals surface area (Å²) in [5, 5.41) is 3.39. The van der Waals surface area contributed by atoms with Crippen LogP contribution in [0.2, 0.25) is 10.0 Å². The van der Waals surface area contributed by atoms with E-state index in [0.717, 1.165) is 24.8 Å². The van der Waals surface area contributed by atoms with E-state index in [0.29, 0.717) is 40.8 Å². The number of ketones is 1. The third-order valence-electron chi connectivity index (χ3n) is 5.17. The largest absolute Gasteiger partial charge is 0.355 e. The second-order valence-electron chi connectivity index (χ2n) is 7.17. The number of amides is 1. The second-order valence-corrected chi connectivity index (χ2v) is 7.99. The van der Waals surface area contributed by atoms with Gasteiger partial charge in [0.05, 0.1) is 22.2 Å². The van der Waals surface area contributed by atoms with Crippen LogP contribution < -0.4 is 5.32 Å². The number of carbonyl (C=O) groups is 2. The molecule has 160 valence electrons. The summed E-state index contributed by atoms with van der Waals surface area (Å²) in [5.41, 5.74) is 1.43. The molecule has 2 aromatic carbocycles. The van der Waals surface area contributed by atoms with Crippen molar-refractivity contribution in [3.05, 3.63) is 69.2 Å². The monoisotopic (exact) mass is 449 g/mol. The van der Waals surface area contributed by atoms with Crippen molar-refractivity contribution in [1.29, 1.82) is 0 Å². The first kappa shape index (κ1) is 22.8. The first-order valence-corrected chi connectivity index (χ1v) is 10.8. The van der Waals surface area contributed by atoms with Crippen molar-refractivity contribution in [2.24, 2.45) is 0 Å². The van der Waals surface area contributed by atoms with Gasteiger partial charge in [-0.2, -0.15) is 0 Å². The Morgan fingerprint density at radius 3 is 2.57 bits per heavy atom. The van der Waals surface area contributed by atoms with Gasteiger partial charge in [0.1, 0.15) is 0 Å². The Bertz CT molecular complexity index is 897. The fourth-order valence-electron chi connectivity index (χ4n) is 3.56. The zero-order chi connectivity index (χ0) is 21.5. The summed E-state index contributed by atoms with van der Waals surface area (Å²) in [6.07, 6.45) is 3.16. The van der Waals surface area contributed by atoms with Gasteiger partial charge in [0, 0.05) is 25.1 Å². The number of benzene rings is 2. The molecular weight excluding hydrogens is 425 g/mol. The summed E-state index contributed by atoms with van der Waals surface area (Å²) < 4.78 is 11.5. The summed E-state index contributed by atoms with van der Waals surface area (Å²) in [6, 6.07) is 12.0. The minimum atomic E-state index is -0.533. The first-order valence-electron chi connectivity index (χ1n) is 10.0. The summed E-state index contributed by atoms with van der Waals surface area (Å²) in [6.45, 7) is 1.04. The summed E-state index contributed by atoms with van der Waals surface area (Å²) in [5.74, 6) is -1.01. The molecule has 0 spiro atoms. The highest BCUT2D eigenvalue weighted by molar-refractivity contribution is 6.42. The molecular formula is C23H25Cl2NO4. The highest BCUT2D eigenvalue weighted by Crippen LogP contribution is 2.31. The van der Waals surface area contributed by atoms with E-state index in [1.807, 2.05) is 0 Å². The lowest BCUT2D eigenvalue weighted by Gasteiger charge is -2.24. The lowest BCUT2D eigenvalue weighted by Crippen LogP contribution is -2.25. The number of carbonyl (C=O) groups excluding carboxylic acids is 2. The minimum Gasteiger partial charge on any atom is -0.355 e. The van der Waals surface area contributed by atoms with Crippen molar-refractivity contribution in [3.63, 3.8) is 0 Å². The van der Waals surface area contributed by atoms with Gasteiger partial charge in [0.2, 0.25) is 0 Å².